The maximum atomic E-state index is 13.0. The van der Waals surface area contributed by atoms with Gasteiger partial charge in [0.1, 0.15) is 5.82 Å². The normalized spacial score (nSPS) is 10.6. The molecule has 2 aromatic carbocycles. The SMILES string of the molecule is Cc1ccc(N)c(SCc2ccc(F)c(Cl)c2)c1. The molecule has 0 aliphatic rings. The zero-order valence-electron chi connectivity index (χ0n) is 9.91. The van der Waals surface area contributed by atoms with Crippen molar-refractivity contribution in [3.63, 3.8) is 0 Å². The second-order valence-electron chi connectivity index (χ2n) is 4.08. The van der Waals surface area contributed by atoms with Gasteiger partial charge in [0.15, 0.2) is 0 Å². The number of nitrogens with two attached hydrogens (primary N) is 1. The second-order valence-corrected chi connectivity index (χ2v) is 5.50. The average molecular weight is 282 g/mol. The van der Waals surface area contributed by atoms with Crippen LogP contribution in [0, 0.1) is 12.7 Å². The highest BCUT2D eigenvalue weighted by Crippen LogP contribution is 2.29. The lowest BCUT2D eigenvalue weighted by Gasteiger charge is -2.07. The van der Waals surface area contributed by atoms with Gasteiger partial charge in [0, 0.05) is 16.3 Å². The zero-order valence-corrected chi connectivity index (χ0v) is 11.5. The fourth-order valence-corrected chi connectivity index (χ4v) is 2.77. The van der Waals surface area contributed by atoms with Crippen molar-refractivity contribution in [2.75, 3.05) is 5.73 Å². The summed E-state index contributed by atoms with van der Waals surface area (Å²) in [4.78, 5) is 1.04. The quantitative estimate of drug-likeness (QED) is 0.654. The van der Waals surface area contributed by atoms with Crippen LogP contribution in [0.5, 0.6) is 0 Å². The second kappa shape index (κ2) is 5.63. The van der Waals surface area contributed by atoms with Crippen molar-refractivity contribution in [2.24, 2.45) is 0 Å². The Kier molecular flexibility index (Phi) is 4.15. The summed E-state index contributed by atoms with van der Waals surface area (Å²) >= 11 is 7.37. The molecule has 0 aliphatic carbocycles. The highest BCUT2D eigenvalue weighted by atomic mass is 35.5. The molecule has 0 heterocycles. The van der Waals surface area contributed by atoms with E-state index in [0.717, 1.165) is 16.1 Å². The van der Waals surface area contributed by atoms with Crippen LogP contribution in [-0.2, 0) is 5.75 Å². The topological polar surface area (TPSA) is 26.0 Å². The van der Waals surface area contributed by atoms with Crippen molar-refractivity contribution in [3.05, 3.63) is 58.4 Å². The van der Waals surface area contributed by atoms with Gasteiger partial charge in [0.2, 0.25) is 0 Å². The van der Waals surface area contributed by atoms with Crippen LogP contribution in [0.2, 0.25) is 5.02 Å². The Labute approximate surface area is 115 Å². The number of nitrogen functional groups attached to an aromatic ring is 1. The molecule has 4 heteroatoms. The van der Waals surface area contributed by atoms with Crippen LogP contribution in [0.1, 0.15) is 11.1 Å². The summed E-state index contributed by atoms with van der Waals surface area (Å²) in [5.41, 5.74) is 8.81. The van der Waals surface area contributed by atoms with Crippen molar-refractivity contribution in [2.45, 2.75) is 17.6 Å². The van der Waals surface area contributed by atoms with Gasteiger partial charge in [-0.15, -0.1) is 11.8 Å². The molecule has 0 fully saturated rings. The summed E-state index contributed by atoms with van der Waals surface area (Å²) in [7, 11) is 0. The summed E-state index contributed by atoms with van der Waals surface area (Å²) in [5, 5.41) is 0.158. The maximum absolute atomic E-state index is 13.0. The predicted molar refractivity (Wildman–Crippen MR) is 76.6 cm³/mol. The minimum Gasteiger partial charge on any atom is -0.398 e. The number of anilines is 1. The van der Waals surface area contributed by atoms with Crippen molar-refractivity contribution in [1.82, 2.24) is 0 Å². The van der Waals surface area contributed by atoms with Gasteiger partial charge in [-0.25, -0.2) is 4.39 Å². The molecule has 0 radical (unpaired) electrons. The van der Waals surface area contributed by atoms with Gasteiger partial charge in [-0.1, -0.05) is 23.7 Å². The van der Waals surface area contributed by atoms with Crippen molar-refractivity contribution in [1.29, 1.82) is 0 Å². The highest BCUT2D eigenvalue weighted by Gasteiger charge is 2.04. The molecule has 18 heavy (non-hydrogen) atoms. The molecule has 0 spiro atoms. The summed E-state index contributed by atoms with van der Waals surface area (Å²) in [6.07, 6.45) is 0. The van der Waals surface area contributed by atoms with E-state index in [9.17, 15) is 4.39 Å². The van der Waals surface area contributed by atoms with Crippen LogP contribution in [0.15, 0.2) is 41.3 Å². The van der Waals surface area contributed by atoms with Crippen LogP contribution in [0.3, 0.4) is 0 Å². The van der Waals surface area contributed by atoms with Gasteiger partial charge in [0.25, 0.3) is 0 Å². The van der Waals surface area contributed by atoms with E-state index < -0.39 is 0 Å². The third-order valence-electron chi connectivity index (χ3n) is 2.55. The van der Waals surface area contributed by atoms with Gasteiger partial charge < -0.3 is 5.73 Å². The molecule has 0 bridgehead atoms. The molecule has 0 saturated carbocycles. The van der Waals surface area contributed by atoms with Gasteiger partial charge in [0.05, 0.1) is 5.02 Å². The van der Waals surface area contributed by atoms with Crippen molar-refractivity contribution < 1.29 is 4.39 Å². The van der Waals surface area contributed by atoms with Crippen LogP contribution in [-0.4, -0.2) is 0 Å². The summed E-state index contributed by atoms with van der Waals surface area (Å²) in [5.74, 6) is 0.327. The molecule has 0 unspecified atom stereocenters. The molecular weight excluding hydrogens is 269 g/mol. The maximum Gasteiger partial charge on any atom is 0.141 e. The number of aryl methyl sites for hydroxylation is 1. The molecule has 0 aromatic heterocycles. The molecule has 2 rings (SSSR count). The smallest absolute Gasteiger partial charge is 0.141 e. The van der Waals surface area contributed by atoms with Gasteiger partial charge >= 0.3 is 0 Å². The number of benzene rings is 2. The predicted octanol–water partition coefficient (Wildman–Crippen LogP) is 4.66. The van der Waals surface area contributed by atoms with E-state index in [1.807, 2.05) is 25.1 Å². The lowest BCUT2D eigenvalue weighted by atomic mass is 10.2. The van der Waals surface area contributed by atoms with E-state index in [4.69, 9.17) is 17.3 Å². The van der Waals surface area contributed by atoms with Gasteiger partial charge in [-0.05, 0) is 42.3 Å². The summed E-state index contributed by atoms with van der Waals surface area (Å²) < 4.78 is 13.0. The highest BCUT2D eigenvalue weighted by molar-refractivity contribution is 7.98. The number of thioether (sulfide) groups is 1. The van der Waals surface area contributed by atoms with Crippen LogP contribution < -0.4 is 5.73 Å². The Bertz CT molecular complexity index is 572. The molecule has 2 N–H and O–H groups in total. The molecule has 0 saturated heterocycles. The Morgan fingerprint density at radius 3 is 2.72 bits per heavy atom. The molecule has 0 amide bonds. The monoisotopic (exact) mass is 281 g/mol. The lowest BCUT2D eigenvalue weighted by Crippen LogP contribution is -1.90. The molecular formula is C14H13ClFNS. The number of halogens is 2. The summed E-state index contributed by atoms with van der Waals surface area (Å²) in [6, 6.07) is 10.7. The lowest BCUT2D eigenvalue weighted by molar-refractivity contribution is 0.628. The van der Waals surface area contributed by atoms with Crippen molar-refractivity contribution >= 4 is 29.1 Å². The molecule has 0 aliphatic heterocycles. The van der Waals surface area contributed by atoms with Crippen LogP contribution in [0.4, 0.5) is 10.1 Å². The van der Waals surface area contributed by atoms with Crippen LogP contribution in [0.25, 0.3) is 0 Å². The average Bonchev–Trinajstić information content (AvgIpc) is 2.34. The Balaban J connectivity index is 2.11. The molecule has 94 valence electrons. The first kappa shape index (κ1) is 13.2. The largest absolute Gasteiger partial charge is 0.398 e. The molecule has 0 atom stereocenters. The molecule has 2 aromatic rings. The number of hydrogen-bond acceptors (Lipinski definition) is 2. The van der Waals surface area contributed by atoms with E-state index in [0.29, 0.717) is 5.75 Å². The van der Waals surface area contributed by atoms with Gasteiger partial charge in [-0.3, -0.25) is 0 Å². The van der Waals surface area contributed by atoms with E-state index in [1.165, 1.54) is 11.6 Å². The summed E-state index contributed by atoms with van der Waals surface area (Å²) in [6.45, 7) is 2.03. The zero-order chi connectivity index (χ0) is 13.1. The fourth-order valence-electron chi connectivity index (χ4n) is 1.56. The van der Waals surface area contributed by atoms with E-state index in [-0.39, 0.29) is 10.8 Å². The van der Waals surface area contributed by atoms with E-state index >= 15 is 0 Å². The standard InChI is InChI=1S/C14H13ClFNS/c1-9-2-5-13(17)14(6-9)18-8-10-3-4-12(16)11(15)7-10/h2-7H,8,17H2,1H3. The van der Waals surface area contributed by atoms with Crippen molar-refractivity contribution in [3.8, 4) is 0 Å². The minimum absolute atomic E-state index is 0.158. The Hall–Kier alpha value is -1.19. The first-order valence-corrected chi connectivity index (χ1v) is 6.85. The van der Waals surface area contributed by atoms with Gasteiger partial charge in [-0.2, -0.15) is 0 Å². The third kappa shape index (κ3) is 3.18. The van der Waals surface area contributed by atoms with E-state index in [2.05, 4.69) is 0 Å². The number of hydrogen-bond donors (Lipinski definition) is 1. The first-order valence-electron chi connectivity index (χ1n) is 5.49. The minimum atomic E-state index is -0.388. The first-order chi connectivity index (χ1) is 8.56. The van der Waals surface area contributed by atoms with Crippen LogP contribution >= 0.6 is 23.4 Å². The third-order valence-corrected chi connectivity index (χ3v) is 3.98. The Morgan fingerprint density at radius 2 is 2.00 bits per heavy atom. The molecule has 1 nitrogen and oxygen atoms in total. The Morgan fingerprint density at radius 1 is 1.22 bits per heavy atom. The fraction of sp³-hybridized carbons (Fsp3) is 0.143. The number of rotatable bonds is 3. The van der Waals surface area contributed by atoms with E-state index in [1.54, 1.807) is 23.9 Å².